The maximum Gasteiger partial charge on any atom is 0.340 e. The number of rotatable bonds is 7. The maximum atomic E-state index is 12.3. The van der Waals surface area contributed by atoms with Gasteiger partial charge in [-0.3, -0.25) is 4.79 Å². The fraction of sp³-hybridized carbons (Fsp3) is 0.294. The summed E-state index contributed by atoms with van der Waals surface area (Å²) in [6.45, 7) is 4.05. The van der Waals surface area contributed by atoms with Crippen LogP contribution in [0.25, 0.3) is 0 Å². The van der Waals surface area contributed by atoms with Crippen molar-refractivity contribution >= 4 is 35.0 Å². The molecule has 0 saturated heterocycles. The second-order valence-corrected chi connectivity index (χ2v) is 7.11. The molecule has 122 valence electrons. The van der Waals surface area contributed by atoms with E-state index in [4.69, 9.17) is 4.74 Å². The molecule has 2 rings (SSSR count). The minimum Gasteiger partial charge on any atom is -0.449 e. The molecule has 1 atom stereocenters. The molecule has 1 amide bonds. The number of hydrogen-bond donors (Lipinski definition) is 1. The predicted molar refractivity (Wildman–Crippen MR) is 93.9 cm³/mol. The molecule has 1 N–H and O–H groups in total. The molecule has 0 bridgehead atoms. The van der Waals surface area contributed by atoms with E-state index < -0.39 is 12.1 Å². The Morgan fingerprint density at radius 1 is 1.26 bits per heavy atom. The fourth-order valence-electron chi connectivity index (χ4n) is 1.93. The van der Waals surface area contributed by atoms with Gasteiger partial charge in [0, 0.05) is 9.77 Å². The van der Waals surface area contributed by atoms with Crippen molar-refractivity contribution in [3.63, 3.8) is 0 Å². The number of hydrogen-bond acceptors (Lipinski definition) is 5. The second kappa shape index (κ2) is 8.74. The third-order valence-corrected chi connectivity index (χ3v) is 4.91. The zero-order chi connectivity index (χ0) is 16.7. The van der Waals surface area contributed by atoms with Gasteiger partial charge in [0.25, 0.3) is 5.91 Å². The summed E-state index contributed by atoms with van der Waals surface area (Å²) in [7, 11) is 0. The van der Waals surface area contributed by atoms with E-state index in [0.717, 1.165) is 15.5 Å². The molecule has 4 nitrogen and oxygen atoms in total. The highest BCUT2D eigenvalue weighted by atomic mass is 32.2. The topological polar surface area (TPSA) is 55.4 Å². The van der Waals surface area contributed by atoms with Crippen LogP contribution in [0.2, 0.25) is 0 Å². The Kier molecular flexibility index (Phi) is 6.67. The molecule has 1 aromatic heterocycles. The number of esters is 1. The largest absolute Gasteiger partial charge is 0.449 e. The van der Waals surface area contributed by atoms with Crippen molar-refractivity contribution in [2.75, 3.05) is 5.75 Å². The van der Waals surface area contributed by atoms with Crippen LogP contribution in [0.5, 0.6) is 0 Å². The van der Waals surface area contributed by atoms with E-state index in [2.05, 4.69) is 5.32 Å². The highest BCUT2D eigenvalue weighted by molar-refractivity contribution is 7.99. The number of amides is 1. The molecule has 0 radical (unpaired) electrons. The molecular weight excluding hydrogens is 330 g/mol. The first-order chi connectivity index (χ1) is 11.1. The third kappa shape index (κ3) is 5.11. The lowest BCUT2D eigenvalue weighted by molar-refractivity contribution is -0.129. The Morgan fingerprint density at radius 3 is 2.74 bits per heavy atom. The van der Waals surface area contributed by atoms with Crippen LogP contribution in [0, 0.1) is 0 Å². The SMILES string of the molecule is CCSc1ccccc1C(=O)OC(C)C(=O)NCc1cccs1. The van der Waals surface area contributed by atoms with Crippen LogP contribution in [-0.2, 0) is 16.1 Å². The van der Waals surface area contributed by atoms with Gasteiger partial charge in [0.2, 0.25) is 0 Å². The molecule has 0 saturated carbocycles. The molecule has 1 aromatic carbocycles. The van der Waals surface area contributed by atoms with Gasteiger partial charge in [0.05, 0.1) is 12.1 Å². The lowest BCUT2D eigenvalue weighted by Crippen LogP contribution is -2.35. The first kappa shape index (κ1) is 17.6. The van der Waals surface area contributed by atoms with Gasteiger partial charge in [-0.1, -0.05) is 25.1 Å². The van der Waals surface area contributed by atoms with Gasteiger partial charge in [-0.25, -0.2) is 4.79 Å². The average molecular weight is 349 g/mol. The first-order valence-electron chi connectivity index (χ1n) is 7.34. The van der Waals surface area contributed by atoms with E-state index >= 15 is 0 Å². The summed E-state index contributed by atoms with van der Waals surface area (Å²) >= 11 is 3.14. The Hall–Kier alpha value is -1.79. The van der Waals surface area contributed by atoms with Gasteiger partial charge < -0.3 is 10.1 Å². The lowest BCUT2D eigenvalue weighted by Gasteiger charge is -2.14. The Labute approximate surface area is 144 Å². The molecular formula is C17H19NO3S2. The summed E-state index contributed by atoms with van der Waals surface area (Å²) < 4.78 is 5.29. The number of thioether (sulfide) groups is 1. The summed E-state index contributed by atoms with van der Waals surface area (Å²) in [5, 5.41) is 4.72. The summed E-state index contributed by atoms with van der Waals surface area (Å²) in [5.41, 5.74) is 0.497. The van der Waals surface area contributed by atoms with Crippen molar-refractivity contribution in [2.24, 2.45) is 0 Å². The number of nitrogens with one attached hydrogen (secondary N) is 1. The van der Waals surface area contributed by atoms with E-state index in [9.17, 15) is 9.59 Å². The Morgan fingerprint density at radius 2 is 2.04 bits per heavy atom. The van der Waals surface area contributed by atoms with Crippen molar-refractivity contribution in [3.05, 3.63) is 52.2 Å². The smallest absolute Gasteiger partial charge is 0.340 e. The lowest BCUT2D eigenvalue weighted by atomic mass is 10.2. The van der Waals surface area contributed by atoms with Crippen LogP contribution in [0.3, 0.4) is 0 Å². The quantitative estimate of drug-likeness (QED) is 0.611. The highest BCUT2D eigenvalue weighted by Gasteiger charge is 2.20. The van der Waals surface area contributed by atoms with Gasteiger partial charge in [-0.15, -0.1) is 23.1 Å². The van der Waals surface area contributed by atoms with Gasteiger partial charge in [-0.05, 0) is 36.3 Å². The Balaban J connectivity index is 1.92. The van der Waals surface area contributed by atoms with Gasteiger partial charge in [-0.2, -0.15) is 0 Å². The average Bonchev–Trinajstić information content (AvgIpc) is 3.06. The van der Waals surface area contributed by atoms with Gasteiger partial charge in [0.15, 0.2) is 6.10 Å². The van der Waals surface area contributed by atoms with Crippen molar-refractivity contribution < 1.29 is 14.3 Å². The van der Waals surface area contributed by atoms with E-state index in [1.54, 1.807) is 42.2 Å². The number of carbonyl (C=O) groups excluding carboxylic acids is 2. The summed E-state index contributed by atoms with van der Waals surface area (Å²) in [6.07, 6.45) is -0.831. The zero-order valence-electron chi connectivity index (χ0n) is 13.1. The van der Waals surface area contributed by atoms with Gasteiger partial charge >= 0.3 is 5.97 Å². The van der Waals surface area contributed by atoms with Crippen LogP contribution in [0.1, 0.15) is 29.1 Å². The molecule has 0 fully saturated rings. The Bertz CT molecular complexity index is 656. The number of ether oxygens (including phenoxy) is 1. The number of thiophene rings is 1. The van der Waals surface area contributed by atoms with Crippen LogP contribution in [-0.4, -0.2) is 23.7 Å². The molecule has 2 aromatic rings. The van der Waals surface area contributed by atoms with E-state index in [1.165, 1.54) is 0 Å². The minimum atomic E-state index is -0.831. The van der Waals surface area contributed by atoms with E-state index in [-0.39, 0.29) is 5.91 Å². The normalized spacial score (nSPS) is 11.7. The molecule has 1 unspecified atom stereocenters. The molecule has 1 heterocycles. The molecule has 0 aliphatic heterocycles. The number of benzene rings is 1. The molecule has 0 spiro atoms. The third-order valence-electron chi connectivity index (χ3n) is 3.08. The van der Waals surface area contributed by atoms with Crippen LogP contribution < -0.4 is 5.32 Å². The van der Waals surface area contributed by atoms with Crippen molar-refractivity contribution in [3.8, 4) is 0 Å². The van der Waals surface area contributed by atoms with E-state index in [1.807, 2.05) is 36.6 Å². The molecule has 0 aliphatic rings. The fourth-order valence-corrected chi connectivity index (χ4v) is 3.36. The standard InChI is InChI=1S/C17H19NO3S2/c1-3-22-15-9-5-4-8-14(15)17(20)21-12(2)16(19)18-11-13-7-6-10-23-13/h4-10,12H,3,11H2,1-2H3,(H,18,19). The summed E-state index contributed by atoms with van der Waals surface area (Å²) in [6, 6.07) is 11.1. The first-order valence-corrected chi connectivity index (χ1v) is 9.21. The molecule has 6 heteroatoms. The van der Waals surface area contributed by atoms with Crippen LogP contribution in [0.15, 0.2) is 46.7 Å². The van der Waals surface area contributed by atoms with Crippen LogP contribution in [0.4, 0.5) is 0 Å². The number of carbonyl (C=O) groups is 2. The molecule has 0 aliphatic carbocycles. The monoisotopic (exact) mass is 349 g/mol. The van der Waals surface area contributed by atoms with Crippen molar-refractivity contribution in [1.29, 1.82) is 0 Å². The predicted octanol–water partition coefficient (Wildman–Crippen LogP) is 3.72. The van der Waals surface area contributed by atoms with Gasteiger partial charge in [0.1, 0.15) is 0 Å². The minimum absolute atomic E-state index is 0.299. The maximum absolute atomic E-state index is 12.3. The second-order valence-electron chi connectivity index (χ2n) is 4.77. The summed E-state index contributed by atoms with van der Waals surface area (Å²) in [5.74, 6) is 0.0916. The van der Waals surface area contributed by atoms with E-state index in [0.29, 0.717) is 12.1 Å². The molecule has 23 heavy (non-hydrogen) atoms. The highest BCUT2D eigenvalue weighted by Crippen LogP contribution is 2.23. The van der Waals surface area contributed by atoms with Crippen molar-refractivity contribution in [2.45, 2.75) is 31.4 Å². The van der Waals surface area contributed by atoms with Crippen molar-refractivity contribution in [1.82, 2.24) is 5.32 Å². The van der Waals surface area contributed by atoms with Crippen LogP contribution >= 0.6 is 23.1 Å². The zero-order valence-corrected chi connectivity index (χ0v) is 14.7. The summed E-state index contributed by atoms with van der Waals surface area (Å²) in [4.78, 5) is 26.2.